The number of carbonyl (C=O) groups excluding carboxylic acids is 1. The van der Waals surface area contributed by atoms with E-state index < -0.39 is 12.7 Å². The third-order valence-electron chi connectivity index (χ3n) is 2.14. The van der Waals surface area contributed by atoms with Crippen LogP contribution in [-0.2, 0) is 4.79 Å². The SMILES string of the molecule is CCN(CCCCC(=O)NN)CC(F)(F)F. The maximum absolute atomic E-state index is 12.1. The normalized spacial score (nSPS) is 11.9. The van der Waals surface area contributed by atoms with Crippen LogP contribution in [0.1, 0.15) is 26.2 Å². The summed E-state index contributed by atoms with van der Waals surface area (Å²) in [5.41, 5.74) is 1.97. The summed E-state index contributed by atoms with van der Waals surface area (Å²) in [6.45, 7) is 1.47. The highest BCUT2D eigenvalue weighted by atomic mass is 19.4. The van der Waals surface area contributed by atoms with Gasteiger partial charge in [-0.25, -0.2) is 5.84 Å². The molecule has 0 aromatic rings. The van der Waals surface area contributed by atoms with E-state index in [-0.39, 0.29) is 12.3 Å². The van der Waals surface area contributed by atoms with Crippen LogP contribution < -0.4 is 11.3 Å². The topological polar surface area (TPSA) is 58.4 Å². The fourth-order valence-corrected chi connectivity index (χ4v) is 1.30. The predicted octanol–water partition coefficient (Wildman–Crippen LogP) is 1.03. The van der Waals surface area contributed by atoms with E-state index in [1.54, 1.807) is 6.92 Å². The van der Waals surface area contributed by atoms with Gasteiger partial charge in [0.15, 0.2) is 0 Å². The highest BCUT2D eigenvalue weighted by molar-refractivity contribution is 5.74. The van der Waals surface area contributed by atoms with Crippen LogP contribution in [0.25, 0.3) is 0 Å². The highest BCUT2D eigenvalue weighted by Gasteiger charge is 2.29. The van der Waals surface area contributed by atoms with Crippen LogP contribution in [0, 0.1) is 0 Å². The molecule has 0 aliphatic rings. The molecule has 0 saturated heterocycles. The number of hydrogen-bond donors (Lipinski definition) is 2. The van der Waals surface area contributed by atoms with Gasteiger partial charge in [-0.3, -0.25) is 15.1 Å². The van der Waals surface area contributed by atoms with Crippen LogP contribution in [0.4, 0.5) is 13.2 Å². The molecule has 0 aliphatic carbocycles. The van der Waals surface area contributed by atoms with Crippen LogP contribution in [0.3, 0.4) is 0 Å². The van der Waals surface area contributed by atoms with Crippen molar-refractivity contribution in [2.45, 2.75) is 32.4 Å². The number of nitrogens with two attached hydrogens (primary N) is 1. The van der Waals surface area contributed by atoms with Gasteiger partial charge < -0.3 is 0 Å². The molecule has 0 spiro atoms. The molecule has 7 heteroatoms. The molecule has 16 heavy (non-hydrogen) atoms. The quantitative estimate of drug-likeness (QED) is 0.303. The number of hydrogen-bond acceptors (Lipinski definition) is 3. The van der Waals surface area contributed by atoms with Gasteiger partial charge in [-0.1, -0.05) is 6.92 Å². The van der Waals surface area contributed by atoms with Gasteiger partial charge >= 0.3 is 6.18 Å². The second-order valence-corrected chi connectivity index (χ2v) is 3.51. The molecule has 0 rings (SSSR count). The molecule has 0 aromatic heterocycles. The standard InChI is InChI=1S/C9H18F3N3O/c1-2-15(7-9(10,11)12)6-4-3-5-8(16)14-13/h2-7,13H2,1H3,(H,14,16). The first-order valence-corrected chi connectivity index (χ1v) is 5.17. The number of carbonyl (C=O) groups is 1. The van der Waals surface area contributed by atoms with Crippen LogP contribution >= 0.6 is 0 Å². The molecule has 0 radical (unpaired) electrons. The summed E-state index contributed by atoms with van der Waals surface area (Å²) in [4.78, 5) is 12.0. The van der Waals surface area contributed by atoms with Gasteiger partial charge in [0.2, 0.25) is 5.91 Å². The Kier molecular flexibility index (Phi) is 7.07. The van der Waals surface area contributed by atoms with Gasteiger partial charge in [-0.2, -0.15) is 13.2 Å². The van der Waals surface area contributed by atoms with Crippen LogP contribution in [0.2, 0.25) is 0 Å². The molecule has 0 aromatic carbocycles. The number of unbranched alkanes of at least 4 members (excludes halogenated alkanes) is 1. The smallest absolute Gasteiger partial charge is 0.295 e. The maximum atomic E-state index is 12.1. The Morgan fingerprint density at radius 2 is 2.00 bits per heavy atom. The van der Waals surface area contributed by atoms with E-state index in [0.29, 0.717) is 25.9 Å². The maximum Gasteiger partial charge on any atom is 0.401 e. The van der Waals surface area contributed by atoms with E-state index >= 15 is 0 Å². The average Bonchev–Trinajstić information content (AvgIpc) is 2.20. The lowest BCUT2D eigenvalue weighted by atomic mass is 10.2. The zero-order chi connectivity index (χ0) is 12.6. The molecule has 0 fully saturated rings. The first kappa shape index (κ1) is 15.2. The molecule has 4 nitrogen and oxygen atoms in total. The van der Waals surface area contributed by atoms with Crippen molar-refractivity contribution in [1.29, 1.82) is 0 Å². The van der Waals surface area contributed by atoms with Crippen LogP contribution in [-0.4, -0.2) is 36.6 Å². The van der Waals surface area contributed by atoms with Gasteiger partial charge in [0.05, 0.1) is 6.54 Å². The van der Waals surface area contributed by atoms with Crippen molar-refractivity contribution in [3.63, 3.8) is 0 Å². The molecule has 0 bridgehead atoms. The van der Waals surface area contributed by atoms with Crippen molar-refractivity contribution >= 4 is 5.91 Å². The summed E-state index contributed by atoms with van der Waals surface area (Å²) >= 11 is 0. The minimum absolute atomic E-state index is 0.250. The number of amides is 1. The molecule has 0 saturated carbocycles. The third kappa shape index (κ3) is 8.49. The van der Waals surface area contributed by atoms with Crippen molar-refractivity contribution in [2.75, 3.05) is 19.6 Å². The Morgan fingerprint density at radius 3 is 2.44 bits per heavy atom. The monoisotopic (exact) mass is 241 g/mol. The molecular weight excluding hydrogens is 223 g/mol. The molecular formula is C9H18F3N3O. The predicted molar refractivity (Wildman–Crippen MR) is 54.4 cm³/mol. The van der Waals surface area contributed by atoms with Gasteiger partial charge in [-0.15, -0.1) is 0 Å². The number of halogens is 3. The second kappa shape index (κ2) is 7.45. The highest BCUT2D eigenvalue weighted by Crippen LogP contribution is 2.16. The molecule has 0 aliphatic heterocycles. The largest absolute Gasteiger partial charge is 0.401 e. The third-order valence-corrected chi connectivity index (χ3v) is 2.14. The van der Waals surface area contributed by atoms with Gasteiger partial charge in [-0.05, 0) is 25.9 Å². The van der Waals surface area contributed by atoms with Crippen LogP contribution in [0.15, 0.2) is 0 Å². The zero-order valence-electron chi connectivity index (χ0n) is 9.31. The van der Waals surface area contributed by atoms with E-state index in [1.807, 2.05) is 5.43 Å². The Labute approximate surface area is 92.9 Å². The number of rotatable bonds is 7. The fraction of sp³-hybridized carbons (Fsp3) is 0.889. The van der Waals surface area contributed by atoms with Crippen molar-refractivity contribution in [3.05, 3.63) is 0 Å². The second-order valence-electron chi connectivity index (χ2n) is 3.51. The van der Waals surface area contributed by atoms with Crippen molar-refractivity contribution < 1.29 is 18.0 Å². The lowest BCUT2D eigenvalue weighted by Crippen LogP contribution is -2.35. The van der Waals surface area contributed by atoms with Crippen LogP contribution in [0.5, 0.6) is 0 Å². The lowest BCUT2D eigenvalue weighted by molar-refractivity contribution is -0.145. The van der Waals surface area contributed by atoms with E-state index in [9.17, 15) is 18.0 Å². The van der Waals surface area contributed by atoms with Gasteiger partial charge in [0.1, 0.15) is 0 Å². The summed E-state index contributed by atoms with van der Waals surface area (Å²) in [6.07, 6.45) is -2.82. The first-order valence-electron chi connectivity index (χ1n) is 5.17. The summed E-state index contributed by atoms with van der Waals surface area (Å²) < 4.78 is 36.2. The average molecular weight is 241 g/mol. The molecule has 0 atom stereocenters. The summed E-state index contributed by atoms with van der Waals surface area (Å²) in [6, 6.07) is 0. The summed E-state index contributed by atoms with van der Waals surface area (Å²) in [5.74, 6) is 4.57. The van der Waals surface area contributed by atoms with E-state index in [4.69, 9.17) is 5.84 Å². The molecule has 1 amide bonds. The van der Waals surface area contributed by atoms with E-state index in [0.717, 1.165) is 0 Å². The fourth-order valence-electron chi connectivity index (χ4n) is 1.30. The minimum atomic E-state index is -4.16. The summed E-state index contributed by atoms with van der Waals surface area (Å²) in [7, 11) is 0. The number of nitrogens with zero attached hydrogens (tertiary/aromatic N) is 1. The Bertz CT molecular complexity index is 209. The van der Waals surface area contributed by atoms with E-state index in [2.05, 4.69) is 0 Å². The minimum Gasteiger partial charge on any atom is -0.295 e. The van der Waals surface area contributed by atoms with E-state index in [1.165, 1.54) is 4.90 Å². The molecule has 96 valence electrons. The Hall–Kier alpha value is -0.820. The number of nitrogens with one attached hydrogen (secondary N) is 1. The van der Waals surface area contributed by atoms with Crippen molar-refractivity contribution in [2.24, 2.45) is 5.84 Å². The molecule has 3 N–H and O–H groups in total. The lowest BCUT2D eigenvalue weighted by Gasteiger charge is -2.21. The summed E-state index contributed by atoms with van der Waals surface area (Å²) in [5, 5.41) is 0. The van der Waals surface area contributed by atoms with Gasteiger partial charge in [0, 0.05) is 6.42 Å². The van der Waals surface area contributed by atoms with Gasteiger partial charge in [0.25, 0.3) is 0 Å². The van der Waals surface area contributed by atoms with Crippen molar-refractivity contribution in [3.8, 4) is 0 Å². The Morgan fingerprint density at radius 1 is 1.38 bits per heavy atom. The first-order chi connectivity index (χ1) is 7.39. The molecule has 0 heterocycles. The van der Waals surface area contributed by atoms with Crippen molar-refractivity contribution in [1.82, 2.24) is 10.3 Å². The number of hydrazine groups is 1. The Balaban J connectivity index is 3.67. The zero-order valence-corrected chi connectivity index (χ0v) is 9.31. The number of alkyl halides is 3. The molecule has 0 unspecified atom stereocenters.